The van der Waals surface area contributed by atoms with E-state index in [1.54, 1.807) is 6.07 Å². The Hall–Kier alpha value is -1.60. The van der Waals surface area contributed by atoms with E-state index in [1.807, 2.05) is 12.1 Å². The fourth-order valence-corrected chi connectivity index (χ4v) is 3.41. The summed E-state index contributed by atoms with van der Waals surface area (Å²) in [6, 6.07) is 7.83. The molecule has 0 aromatic heterocycles. The number of nitrogens with zero attached hydrogens (tertiary/aromatic N) is 2. The van der Waals surface area contributed by atoms with Crippen LogP contribution in [0.2, 0.25) is 0 Å². The second kappa shape index (κ2) is 5.18. The number of hydrogen-bond donors (Lipinski definition) is 1. The van der Waals surface area contributed by atoms with Gasteiger partial charge in [-0.1, -0.05) is 6.07 Å². The standard InChI is InChI=1S/C15H18FN3/c16-12-4-1-6-14(11(12)10-17)19-9-3-7-15(19)13-5-2-8-18-13/h1,4,6,13,15,18H,2-3,5,7-9H2. The van der Waals surface area contributed by atoms with Crippen molar-refractivity contribution in [1.29, 1.82) is 5.26 Å². The molecule has 2 unspecified atom stereocenters. The van der Waals surface area contributed by atoms with E-state index in [4.69, 9.17) is 0 Å². The molecule has 4 heteroatoms. The molecule has 2 heterocycles. The second-order valence-corrected chi connectivity index (χ2v) is 5.35. The van der Waals surface area contributed by atoms with Crippen LogP contribution in [-0.4, -0.2) is 25.2 Å². The minimum atomic E-state index is -0.412. The second-order valence-electron chi connectivity index (χ2n) is 5.35. The van der Waals surface area contributed by atoms with Gasteiger partial charge in [0.1, 0.15) is 17.4 Å². The fraction of sp³-hybridized carbons (Fsp3) is 0.533. The maximum absolute atomic E-state index is 13.7. The zero-order valence-corrected chi connectivity index (χ0v) is 10.9. The summed E-state index contributed by atoms with van der Waals surface area (Å²) in [6.45, 7) is 1.99. The van der Waals surface area contributed by atoms with Crippen molar-refractivity contribution in [2.75, 3.05) is 18.0 Å². The van der Waals surface area contributed by atoms with Crippen LogP contribution in [0, 0.1) is 17.1 Å². The van der Waals surface area contributed by atoms with Crippen LogP contribution >= 0.6 is 0 Å². The Morgan fingerprint density at radius 1 is 1.32 bits per heavy atom. The molecule has 19 heavy (non-hydrogen) atoms. The van der Waals surface area contributed by atoms with Crippen molar-refractivity contribution >= 4 is 5.69 Å². The van der Waals surface area contributed by atoms with Crippen molar-refractivity contribution in [3.8, 4) is 6.07 Å². The third-order valence-corrected chi connectivity index (χ3v) is 4.27. The Bertz CT molecular complexity index is 503. The van der Waals surface area contributed by atoms with E-state index in [-0.39, 0.29) is 5.56 Å². The van der Waals surface area contributed by atoms with Crippen molar-refractivity contribution in [2.45, 2.75) is 37.8 Å². The van der Waals surface area contributed by atoms with Crippen LogP contribution in [0.5, 0.6) is 0 Å². The van der Waals surface area contributed by atoms with Gasteiger partial charge in [-0.25, -0.2) is 4.39 Å². The summed E-state index contributed by atoms with van der Waals surface area (Å²) in [7, 11) is 0. The Balaban J connectivity index is 1.92. The molecular weight excluding hydrogens is 241 g/mol. The molecule has 1 aromatic rings. The first-order valence-electron chi connectivity index (χ1n) is 7.00. The lowest BCUT2D eigenvalue weighted by Gasteiger charge is -2.32. The summed E-state index contributed by atoms with van der Waals surface area (Å²) in [6.07, 6.45) is 4.63. The molecule has 2 atom stereocenters. The lowest BCUT2D eigenvalue weighted by atomic mass is 10.0. The van der Waals surface area contributed by atoms with Gasteiger partial charge < -0.3 is 10.2 Å². The molecular formula is C15H18FN3. The number of hydrogen-bond acceptors (Lipinski definition) is 3. The predicted molar refractivity (Wildman–Crippen MR) is 72.5 cm³/mol. The minimum absolute atomic E-state index is 0.187. The molecule has 2 aliphatic rings. The molecule has 0 saturated carbocycles. The molecule has 0 aliphatic carbocycles. The third kappa shape index (κ3) is 2.19. The molecule has 0 bridgehead atoms. The third-order valence-electron chi connectivity index (χ3n) is 4.27. The van der Waals surface area contributed by atoms with Gasteiger partial charge in [-0.2, -0.15) is 5.26 Å². The molecule has 1 N–H and O–H groups in total. The minimum Gasteiger partial charge on any atom is -0.366 e. The monoisotopic (exact) mass is 259 g/mol. The summed E-state index contributed by atoms with van der Waals surface area (Å²) in [5.41, 5.74) is 0.950. The van der Waals surface area contributed by atoms with Gasteiger partial charge in [0.15, 0.2) is 0 Å². The molecule has 3 rings (SSSR count). The highest BCUT2D eigenvalue weighted by molar-refractivity contribution is 5.61. The molecule has 2 saturated heterocycles. The largest absolute Gasteiger partial charge is 0.366 e. The summed E-state index contributed by atoms with van der Waals surface area (Å²) in [5.74, 6) is -0.412. The first-order valence-corrected chi connectivity index (χ1v) is 7.00. The predicted octanol–water partition coefficient (Wildman–Crippen LogP) is 2.42. The molecule has 2 fully saturated rings. The fourth-order valence-electron chi connectivity index (χ4n) is 3.41. The Morgan fingerprint density at radius 2 is 2.21 bits per heavy atom. The van der Waals surface area contributed by atoms with E-state index in [1.165, 1.54) is 18.9 Å². The SMILES string of the molecule is N#Cc1c(F)cccc1N1CCCC1C1CCCN1. The number of halogens is 1. The molecule has 0 radical (unpaired) electrons. The number of anilines is 1. The van der Waals surface area contributed by atoms with Gasteiger partial charge in [0.2, 0.25) is 0 Å². The first-order chi connectivity index (χ1) is 9.31. The number of rotatable bonds is 2. The van der Waals surface area contributed by atoms with Gasteiger partial charge in [-0.3, -0.25) is 0 Å². The van der Waals surface area contributed by atoms with Crippen molar-refractivity contribution in [2.24, 2.45) is 0 Å². The Kier molecular flexibility index (Phi) is 3.39. The summed E-state index contributed by atoms with van der Waals surface area (Å²) < 4.78 is 13.7. The highest BCUT2D eigenvalue weighted by Gasteiger charge is 2.34. The van der Waals surface area contributed by atoms with Crippen LogP contribution < -0.4 is 10.2 Å². The van der Waals surface area contributed by atoms with Crippen LogP contribution in [0.4, 0.5) is 10.1 Å². The van der Waals surface area contributed by atoms with Crippen molar-refractivity contribution in [3.05, 3.63) is 29.6 Å². The first kappa shape index (κ1) is 12.4. The van der Waals surface area contributed by atoms with Crippen LogP contribution in [0.3, 0.4) is 0 Å². The van der Waals surface area contributed by atoms with Crippen LogP contribution in [0.25, 0.3) is 0 Å². The van der Waals surface area contributed by atoms with Crippen molar-refractivity contribution in [3.63, 3.8) is 0 Å². The molecule has 2 aliphatic heterocycles. The summed E-state index contributed by atoms with van der Waals surface area (Å²) in [5, 5.41) is 12.7. The summed E-state index contributed by atoms with van der Waals surface area (Å²) >= 11 is 0. The maximum Gasteiger partial charge on any atom is 0.143 e. The number of nitrogens with one attached hydrogen (secondary N) is 1. The van der Waals surface area contributed by atoms with Crippen LogP contribution in [0.1, 0.15) is 31.2 Å². The van der Waals surface area contributed by atoms with Gasteiger partial charge in [-0.05, 0) is 44.4 Å². The van der Waals surface area contributed by atoms with E-state index in [9.17, 15) is 9.65 Å². The van der Waals surface area contributed by atoms with E-state index >= 15 is 0 Å². The molecule has 100 valence electrons. The smallest absolute Gasteiger partial charge is 0.143 e. The van der Waals surface area contributed by atoms with Gasteiger partial charge >= 0.3 is 0 Å². The summed E-state index contributed by atoms with van der Waals surface area (Å²) in [4.78, 5) is 2.23. The van der Waals surface area contributed by atoms with Gasteiger partial charge in [0.25, 0.3) is 0 Å². The van der Waals surface area contributed by atoms with Crippen LogP contribution in [-0.2, 0) is 0 Å². The van der Waals surface area contributed by atoms with Gasteiger partial charge in [0, 0.05) is 18.6 Å². The van der Waals surface area contributed by atoms with E-state index in [0.717, 1.165) is 31.6 Å². The zero-order valence-electron chi connectivity index (χ0n) is 10.9. The number of benzene rings is 1. The van der Waals surface area contributed by atoms with Gasteiger partial charge in [-0.15, -0.1) is 0 Å². The van der Waals surface area contributed by atoms with E-state index in [2.05, 4.69) is 10.2 Å². The van der Waals surface area contributed by atoms with Gasteiger partial charge in [0.05, 0.1) is 5.69 Å². The lowest BCUT2D eigenvalue weighted by Crippen LogP contribution is -2.44. The van der Waals surface area contributed by atoms with Crippen LogP contribution in [0.15, 0.2) is 18.2 Å². The van der Waals surface area contributed by atoms with Crippen molar-refractivity contribution in [1.82, 2.24) is 5.32 Å². The van der Waals surface area contributed by atoms with Crippen molar-refractivity contribution < 1.29 is 4.39 Å². The average Bonchev–Trinajstić information content (AvgIpc) is 3.09. The zero-order chi connectivity index (χ0) is 13.2. The highest BCUT2D eigenvalue weighted by Crippen LogP contribution is 2.32. The highest BCUT2D eigenvalue weighted by atomic mass is 19.1. The molecule has 0 spiro atoms. The number of nitriles is 1. The topological polar surface area (TPSA) is 39.1 Å². The normalized spacial score (nSPS) is 26.6. The molecule has 3 nitrogen and oxygen atoms in total. The molecule has 1 aromatic carbocycles. The van der Waals surface area contributed by atoms with E-state index in [0.29, 0.717) is 12.1 Å². The van der Waals surface area contributed by atoms with E-state index < -0.39 is 5.82 Å². The maximum atomic E-state index is 13.7. The Labute approximate surface area is 113 Å². The average molecular weight is 259 g/mol. The quantitative estimate of drug-likeness (QED) is 0.886. The lowest BCUT2D eigenvalue weighted by molar-refractivity contribution is 0.482. The Morgan fingerprint density at radius 3 is 2.95 bits per heavy atom. The molecule has 0 amide bonds.